The van der Waals surface area contributed by atoms with Gasteiger partial charge >= 0.3 is 6.18 Å². The van der Waals surface area contributed by atoms with E-state index in [2.05, 4.69) is 15.1 Å². The predicted octanol–water partition coefficient (Wildman–Crippen LogP) is 3.26. The molecule has 0 bridgehead atoms. The number of anilines is 1. The van der Waals surface area contributed by atoms with Crippen molar-refractivity contribution < 1.29 is 18.3 Å². The Morgan fingerprint density at radius 2 is 1.91 bits per heavy atom. The van der Waals surface area contributed by atoms with E-state index in [0.29, 0.717) is 12.2 Å². The number of β-amino-alcohol motifs (C(OH)–C–C–N with tert-alkyl or cyclic N) is 1. The monoisotopic (exact) mass is 569 g/mol. The number of unbranched alkanes of at least 4 members (excludes halogenated alkanes) is 1. The summed E-state index contributed by atoms with van der Waals surface area (Å²) in [5, 5.41) is 13.0. The van der Waals surface area contributed by atoms with Gasteiger partial charge in [-0.3, -0.25) is 9.89 Å². The van der Waals surface area contributed by atoms with Crippen molar-refractivity contribution in [1.82, 2.24) is 15.1 Å². The van der Waals surface area contributed by atoms with Gasteiger partial charge in [0.05, 0.1) is 11.7 Å². The van der Waals surface area contributed by atoms with E-state index in [9.17, 15) is 18.3 Å². The van der Waals surface area contributed by atoms with Crippen LogP contribution >= 0.6 is 24.0 Å². The Morgan fingerprint density at radius 1 is 1.16 bits per heavy atom. The highest BCUT2D eigenvalue weighted by molar-refractivity contribution is 14.0. The minimum atomic E-state index is -4.30. The number of nitrogens with one attached hydrogen (secondary N) is 1. The van der Waals surface area contributed by atoms with Crippen molar-refractivity contribution in [2.24, 2.45) is 4.99 Å². The number of halogens is 4. The molecule has 182 valence electrons. The molecule has 2 fully saturated rings. The molecule has 1 atom stereocenters. The van der Waals surface area contributed by atoms with Crippen molar-refractivity contribution in [2.75, 3.05) is 63.8 Å². The van der Waals surface area contributed by atoms with Gasteiger partial charge in [0.1, 0.15) is 0 Å². The highest BCUT2D eigenvalue weighted by Crippen LogP contribution is 2.31. The number of piperazine rings is 1. The van der Waals surface area contributed by atoms with Crippen molar-refractivity contribution in [3.05, 3.63) is 29.8 Å². The van der Waals surface area contributed by atoms with E-state index in [4.69, 9.17) is 4.99 Å². The van der Waals surface area contributed by atoms with E-state index >= 15 is 0 Å². The molecule has 2 aliphatic rings. The number of hydrogen-bond acceptors (Lipinski definition) is 4. The second kappa shape index (κ2) is 12.8. The minimum absolute atomic E-state index is 0. The molecule has 2 saturated heterocycles. The molecule has 0 amide bonds. The summed E-state index contributed by atoms with van der Waals surface area (Å²) in [5.41, 5.74) is 0.0557. The topological polar surface area (TPSA) is 54.3 Å². The lowest BCUT2D eigenvalue weighted by atomic mass is 10.1. The first-order valence-electron chi connectivity index (χ1n) is 11.2. The van der Waals surface area contributed by atoms with Crippen molar-refractivity contribution in [3.63, 3.8) is 0 Å². The van der Waals surface area contributed by atoms with Crippen LogP contribution < -0.4 is 10.2 Å². The number of guanidine groups is 1. The molecule has 10 heteroatoms. The number of aliphatic imine (C=N–C) groups is 1. The quantitative estimate of drug-likeness (QED) is 0.229. The van der Waals surface area contributed by atoms with Gasteiger partial charge in [0.15, 0.2) is 5.96 Å². The Kier molecular flexibility index (Phi) is 10.8. The van der Waals surface area contributed by atoms with Crippen molar-refractivity contribution >= 4 is 35.6 Å². The van der Waals surface area contributed by atoms with E-state index in [1.54, 1.807) is 6.07 Å². The first-order valence-corrected chi connectivity index (χ1v) is 11.2. The summed E-state index contributed by atoms with van der Waals surface area (Å²) < 4.78 is 38.8. The Morgan fingerprint density at radius 3 is 2.53 bits per heavy atom. The van der Waals surface area contributed by atoms with Gasteiger partial charge in [0.25, 0.3) is 0 Å². The van der Waals surface area contributed by atoms with Crippen LogP contribution in [0.5, 0.6) is 0 Å². The van der Waals surface area contributed by atoms with Gasteiger partial charge < -0.3 is 20.2 Å². The molecule has 2 aliphatic heterocycles. The first-order chi connectivity index (χ1) is 14.9. The lowest BCUT2D eigenvalue weighted by Gasteiger charge is -2.36. The molecule has 1 aromatic rings. The third-order valence-corrected chi connectivity index (χ3v) is 5.85. The fourth-order valence-corrected chi connectivity index (χ4v) is 4.10. The predicted molar refractivity (Wildman–Crippen MR) is 133 cm³/mol. The van der Waals surface area contributed by atoms with Crippen molar-refractivity contribution in [1.29, 1.82) is 0 Å². The normalized spacial score (nSPS) is 20.4. The summed E-state index contributed by atoms with van der Waals surface area (Å²) in [7, 11) is 0. The number of benzene rings is 1. The van der Waals surface area contributed by atoms with E-state index in [1.165, 1.54) is 12.1 Å². The highest BCUT2D eigenvalue weighted by atomic mass is 127. The van der Waals surface area contributed by atoms with Crippen LogP contribution in [0.25, 0.3) is 0 Å². The number of alkyl halides is 3. The van der Waals surface area contributed by atoms with E-state index in [0.717, 1.165) is 83.6 Å². The van der Waals surface area contributed by atoms with Gasteiger partial charge in [0, 0.05) is 58.0 Å². The Balaban J connectivity index is 0.00000363. The smallest absolute Gasteiger partial charge is 0.391 e. The van der Waals surface area contributed by atoms with Gasteiger partial charge in [-0.15, -0.1) is 24.0 Å². The van der Waals surface area contributed by atoms with Gasteiger partial charge in [-0.2, -0.15) is 13.2 Å². The molecule has 0 aromatic heterocycles. The average Bonchev–Trinajstić information content (AvgIpc) is 3.19. The molecule has 6 nitrogen and oxygen atoms in total. The largest absolute Gasteiger partial charge is 0.416 e. The maximum atomic E-state index is 12.9. The first kappa shape index (κ1) is 27.0. The van der Waals surface area contributed by atoms with Crippen LogP contribution in [-0.2, 0) is 6.18 Å². The molecule has 0 spiro atoms. The van der Waals surface area contributed by atoms with Crippen molar-refractivity contribution in [3.8, 4) is 0 Å². The molecule has 0 saturated carbocycles. The lowest BCUT2D eigenvalue weighted by molar-refractivity contribution is -0.137. The average molecular weight is 569 g/mol. The summed E-state index contributed by atoms with van der Waals surface area (Å²) in [5.74, 6) is 0.883. The molecule has 0 aliphatic carbocycles. The minimum Gasteiger partial charge on any atom is -0.391 e. The zero-order valence-electron chi connectivity index (χ0n) is 18.7. The molecule has 2 heterocycles. The lowest BCUT2D eigenvalue weighted by Crippen LogP contribution is -2.46. The molecule has 0 unspecified atom stereocenters. The summed E-state index contributed by atoms with van der Waals surface area (Å²) in [6.07, 6.45) is -1.76. The van der Waals surface area contributed by atoms with Crippen LogP contribution in [0.15, 0.2) is 29.3 Å². The summed E-state index contributed by atoms with van der Waals surface area (Å²) in [4.78, 5) is 11.2. The standard InChI is InChI=1S/C22H34F3N5O.HI/c1-2-26-21(30-11-8-20(31)17-30)27-9-3-4-10-28-12-14-29(15-13-28)19-7-5-6-18(16-19)22(23,24)25;/h5-7,16,20,31H,2-4,8-15,17H2,1H3,(H,26,27);1H/t20-;/m1./s1. The number of aliphatic hydroxyl groups is 1. The maximum absolute atomic E-state index is 12.9. The highest BCUT2D eigenvalue weighted by Gasteiger charge is 2.31. The van der Waals surface area contributed by atoms with Crippen LogP contribution in [0.3, 0.4) is 0 Å². The van der Waals surface area contributed by atoms with Crippen LogP contribution in [0.2, 0.25) is 0 Å². The van der Waals surface area contributed by atoms with E-state index < -0.39 is 11.7 Å². The molecule has 3 rings (SSSR count). The van der Waals surface area contributed by atoms with E-state index in [1.807, 2.05) is 11.8 Å². The van der Waals surface area contributed by atoms with Crippen molar-refractivity contribution in [2.45, 2.75) is 38.5 Å². The second-order valence-electron chi connectivity index (χ2n) is 8.21. The number of likely N-dealkylation sites (tertiary alicyclic amines) is 1. The van der Waals surface area contributed by atoms with Crippen LogP contribution in [0, 0.1) is 0 Å². The third-order valence-electron chi connectivity index (χ3n) is 5.85. The zero-order valence-corrected chi connectivity index (χ0v) is 21.0. The zero-order chi connectivity index (χ0) is 22.3. The third kappa shape index (κ3) is 7.95. The number of rotatable bonds is 7. The van der Waals surface area contributed by atoms with Gasteiger partial charge in [-0.1, -0.05) is 6.07 Å². The Hall–Kier alpha value is -1.27. The Bertz CT molecular complexity index is 726. The second-order valence-corrected chi connectivity index (χ2v) is 8.21. The maximum Gasteiger partial charge on any atom is 0.416 e. The fraction of sp³-hybridized carbons (Fsp3) is 0.682. The van der Waals surface area contributed by atoms with Gasteiger partial charge in [-0.05, 0) is 50.9 Å². The molecular formula is C22H35F3IN5O. The SMILES string of the molecule is CCNC(=NCCCCN1CCN(c2cccc(C(F)(F)F)c2)CC1)N1CC[C@@H](O)C1.I. The summed E-state index contributed by atoms with van der Waals surface area (Å²) >= 11 is 0. The van der Waals surface area contributed by atoms with Crippen LogP contribution in [-0.4, -0.2) is 85.9 Å². The summed E-state index contributed by atoms with van der Waals surface area (Å²) in [6.45, 7) is 9.24. The number of nitrogens with zero attached hydrogens (tertiary/aromatic N) is 4. The van der Waals surface area contributed by atoms with E-state index in [-0.39, 0.29) is 30.1 Å². The number of aliphatic hydroxyl groups excluding tert-OH is 1. The molecule has 0 radical (unpaired) electrons. The van der Waals surface area contributed by atoms with Gasteiger partial charge in [0.2, 0.25) is 0 Å². The number of hydrogen-bond donors (Lipinski definition) is 2. The summed E-state index contributed by atoms with van der Waals surface area (Å²) in [6, 6.07) is 5.60. The van der Waals surface area contributed by atoms with Crippen LogP contribution in [0.4, 0.5) is 18.9 Å². The Labute approximate surface area is 205 Å². The molecule has 2 N–H and O–H groups in total. The molecule has 32 heavy (non-hydrogen) atoms. The van der Waals surface area contributed by atoms with Crippen LogP contribution in [0.1, 0.15) is 31.7 Å². The molecular weight excluding hydrogens is 534 g/mol. The molecule has 1 aromatic carbocycles. The van der Waals surface area contributed by atoms with Gasteiger partial charge in [-0.25, -0.2) is 0 Å². The fourth-order valence-electron chi connectivity index (χ4n) is 4.10.